The molecule has 0 spiro atoms. The molecule has 2 fully saturated rings. The van der Waals surface area contributed by atoms with Crippen LogP contribution in [0.3, 0.4) is 0 Å². The summed E-state index contributed by atoms with van der Waals surface area (Å²) in [6.07, 6.45) is 2.91. The number of aliphatic imine (C=N–C) groups is 1. The lowest BCUT2D eigenvalue weighted by molar-refractivity contribution is -0.0433. The molecule has 0 amide bonds. The maximum Gasteiger partial charge on any atom is 0.191 e. The van der Waals surface area contributed by atoms with Gasteiger partial charge in [-0.15, -0.1) is 0 Å². The zero-order chi connectivity index (χ0) is 13.1. The van der Waals surface area contributed by atoms with Crippen molar-refractivity contribution in [1.82, 2.24) is 4.90 Å². The molecule has 2 aliphatic rings. The summed E-state index contributed by atoms with van der Waals surface area (Å²) in [7, 11) is 0. The molecule has 0 aromatic carbocycles. The Morgan fingerprint density at radius 3 is 2.78 bits per heavy atom. The first-order chi connectivity index (χ1) is 8.54. The number of nitrogens with zero attached hydrogens (tertiary/aromatic N) is 2. The van der Waals surface area contributed by atoms with Crippen molar-refractivity contribution in [2.45, 2.75) is 58.0 Å². The lowest BCUT2D eigenvalue weighted by atomic mass is 9.89. The molecule has 1 atom stereocenters. The Labute approximate surface area is 109 Å². The maximum absolute atomic E-state index is 6.05. The Hall–Kier alpha value is -0.810. The fraction of sp³-hybridized carbons (Fsp3) is 0.923. The number of nitrogens with two attached hydrogens (primary N) is 1. The first kappa shape index (κ1) is 13.6. The van der Waals surface area contributed by atoms with E-state index in [1.807, 2.05) is 0 Å². The van der Waals surface area contributed by atoms with E-state index in [2.05, 4.69) is 30.7 Å². The second kappa shape index (κ2) is 5.89. The first-order valence-corrected chi connectivity index (χ1v) is 6.90. The molecule has 18 heavy (non-hydrogen) atoms. The Balaban J connectivity index is 1.76. The van der Waals surface area contributed by atoms with Gasteiger partial charge in [-0.3, -0.25) is 0 Å². The number of hydrogen-bond acceptors (Lipinski definition) is 3. The molecule has 1 aliphatic heterocycles. The average Bonchev–Trinajstić information content (AvgIpc) is 2.25. The second-order valence-electron chi connectivity index (χ2n) is 5.55. The molecule has 0 bridgehead atoms. The summed E-state index contributed by atoms with van der Waals surface area (Å²) < 4.78 is 11.2. The van der Waals surface area contributed by atoms with Crippen molar-refractivity contribution < 1.29 is 9.47 Å². The third-order valence-electron chi connectivity index (χ3n) is 3.41. The molecule has 1 saturated carbocycles. The Morgan fingerprint density at radius 2 is 2.17 bits per heavy atom. The van der Waals surface area contributed by atoms with Gasteiger partial charge < -0.3 is 20.1 Å². The highest BCUT2D eigenvalue weighted by Gasteiger charge is 2.31. The summed E-state index contributed by atoms with van der Waals surface area (Å²) in [5, 5.41) is 0. The van der Waals surface area contributed by atoms with Crippen molar-refractivity contribution in [3.05, 3.63) is 0 Å². The van der Waals surface area contributed by atoms with Gasteiger partial charge in [0.05, 0.1) is 31.0 Å². The van der Waals surface area contributed by atoms with E-state index in [-0.39, 0.29) is 6.10 Å². The van der Waals surface area contributed by atoms with E-state index in [1.165, 1.54) is 0 Å². The van der Waals surface area contributed by atoms with Crippen molar-refractivity contribution in [3.63, 3.8) is 0 Å². The summed E-state index contributed by atoms with van der Waals surface area (Å²) in [5.41, 5.74) is 6.05. The molecule has 104 valence electrons. The summed E-state index contributed by atoms with van der Waals surface area (Å²) >= 11 is 0. The minimum Gasteiger partial charge on any atom is -0.375 e. The van der Waals surface area contributed by atoms with Gasteiger partial charge in [0.25, 0.3) is 0 Å². The second-order valence-corrected chi connectivity index (χ2v) is 5.55. The Bertz CT molecular complexity index is 301. The third-order valence-corrected chi connectivity index (χ3v) is 3.41. The summed E-state index contributed by atoms with van der Waals surface area (Å²) in [5.74, 6) is 0.665. The molecule has 1 saturated heterocycles. The maximum atomic E-state index is 6.05. The predicted molar refractivity (Wildman–Crippen MR) is 71.6 cm³/mol. The van der Waals surface area contributed by atoms with Crippen molar-refractivity contribution in [2.24, 2.45) is 10.7 Å². The lowest BCUT2D eigenvalue weighted by Crippen LogP contribution is -2.49. The highest BCUT2D eigenvalue weighted by atomic mass is 16.5. The molecule has 5 heteroatoms. The molecule has 1 heterocycles. The predicted octanol–water partition coefficient (Wildman–Crippen LogP) is 0.978. The van der Waals surface area contributed by atoms with Crippen LogP contribution < -0.4 is 5.73 Å². The van der Waals surface area contributed by atoms with Crippen LogP contribution >= 0.6 is 0 Å². The van der Waals surface area contributed by atoms with Gasteiger partial charge in [0.1, 0.15) is 0 Å². The van der Waals surface area contributed by atoms with Gasteiger partial charge >= 0.3 is 0 Å². The van der Waals surface area contributed by atoms with E-state index in [0.717, 1.165) is 32.5 Å². The molecule has 0 radical (unpaired) electrons. The van der Waals surface area contributed by atoms with Crippen molar-refractivity contribution >= 4 is 5.96 Å². The van der Waals surface area contributed by atoms with Gasteiger partial charge in [-0.1, -0.05) is 0 Å². The fourth-order valence-electron chi connectivity index (χ4n) is 2.43. The lowest BCUT2D eigenvalue weighted by Gasteiger charge is -2.36. The van der Waals surface area contributed by atoms with Gasteiger partial charge in [0, 0.05) is 13.1 Å². The Morgan fingerprint density at radius 1 is 1.44 bits per heavy atom. The van der Waals surface area contributed by atoms with Crippen LogP contribution in [0.15, 0.2) is 4.99 Å². The summed E-state index contributed by atoms with van der Waals surface area (Å²) in [6, 6.07) is 0.340. The minimum atomic E-state index is 0.242. The van der Waals surface area contributed by atoms with Crippen LogP contribution in [-0.4, -0.2) is 54.9 Å². The van der Waals surface area contributed by atoms with Gasteiger partial charge in [-0.25, -0.2) is 4.99 Å². The topological polar surface area (TPSA) is 60.1 Å². The van der Waals surface area contributed by atoms with Gasteiger partial charge in [0.2, 0.25) is 0 Å². The Kier molecular flexibility index (Phi) is 4.45. The zero-order valence-electron chi connectivity index (χ0n) is 11.6. The quantitative estimate of drug-likeness (QED) is 0.603. The number of rotatable bonds is 3. The highest BCUT2D eigenvalue weighted by molar-refractivity contribution is 5.78. The van der Waals surface area contributed by atoms with Gasteiger partial charge in [-0.05, 0) is 33.6 Å². The minimum absolute atomic E-state index is 0.242. The van der Waals surface area contributed by atoms with Crippen molar-refractivity contribution in [1.29, 1.82) is 0 Å². The van der Waals surface area contributed by atoms with E-state index in [1.54, 1.807) is 0 Å². The van der Waals surface area contributed by atoms with E-state index in [9.17, 15) is 0 Å². The van der Waals surface area contributed by atoms with Crippen LogP contribution in [0.2, 0.25) is 0 Å². The number of ether oxygens (including phenoxy) is 2. The fourth-order valence-corrected chi connectivity index (χ4v) is 2.43. The van der Waals surface area contributed by atoms with E-state index in [4.69, 9.17) is 15.2 Å². The molecule has 5 nitrogen and oxygen atoms in total. The van der Waals surface area contributed by atoms with E-state index >= 15 is 0 Å². The van der Waals surface area contributed by atoms with E-state index in [0.29, 0.717) is 24.2 Å². The van der Waals surface area contributed by atoms with Crippen LogP contribution in [0.5, 0.6) is 0 Å². The normalized spacial score (nSPS) is 33.7. The van der Waals surface area contributed by atoms with Crippen molar-refractivity contribution in [3.8, 4) is 0 Å². The van der Waals surface area contributed by atoms with Crippen LogP contribution in [0.1, 0.15) is 33.6 Å². The standard InChI is InChI=1S/C13H25N3O2/c1-9(2)18-12-6-11(7-12)15-13(14)16-4-5-17-10(3)8-16/h9-12H,4-8H2,1-3H3,(H2,14,15). The summed E-state index contributed by atoms with van der Waals surface area (Å²) in [4.78, 5) is 6.70. The van der Waals surface area contributed by atoms with Crippen LogP contribution in [0.4, 0.5) is 0 Å². The molecular formula is C13H25N3O2. The van der Waals surface area contributed by atoms with Crippen molar-refractivity contribution in [2.75, 3.05) is 19.7 Å². The SMILES string of the molecule is CC(C)OC1CC(N=C(N)N2CCOC(C)C2)C1. The monoisotopic (exact) mass is 255 g/mol. The average molecular weight is 255 g/mol. The number of morpholine rings is 1. The molecular weight excluding hydrogens is 230 g/mol. The molecule has 1 unspecified atom stereocenters. The molecule has 2 rings (SSSR count). The third kappa shape index (κ3) is 3.59. The zero-order valence-corrected chi connectivity index (χ0v) is 11.6. The van der Waals surface area contributed by atoms with Gasteiger partial charge in [0.15, 0.2) is 5.96 Å². The molecule has 0 aromatic heterocycles. The largest absolute Gasteiger partial charge is 0.375 e. The first-order valence-electron chi connectivity index (χ1n) is 6.90. The molecule has 1 aliphatic carbocycles. The smallest absolute Gasteiger partial charge is 0.191 e. The highest BCUT2D eigenvalue weighted by Crippen LogP contribution is 2.27. The summed E-state index contributed by atoms with van der Waals surface area (Å²) in [6.45, 7) is 8.63. The number of guanidine groups is 1. The number of hydrogen-bond donors (Lipinski definition) is 1. The van der Waals surface area contributed by atoms with E-state index < -0.39 is 0 Å². The molecule has 0 aromatic rings. The van der Waals surface area contributed by atoms with Crippen LogP contribution in [0.25, 0.3) is 0 Å². The van der Waals surface area contributed by atoms with Crippen LogP contribution in [-0.2, 0) is 9.47 Å². The molecule has 2 N–H and O–H groups in total. The van der Waals surface area contributed by atoms with Crippen LogP contribution in [0, 0.1) is 0 Å². The van der Waals surface area contributed by atoms with Gasteiger partial charge in [-0.2, -0.15) is 0 Å².